The maximum absolute atomic E-state index is 13.5. The molecule has 0 fully saturated rings. The molecule has 0 bridgehead atoms. The van der Waals surface area contributed by atoms with E-state index in [1.807, 2.05) is 48.0 Å². The highest BCUT2D eigenvalue weighted by molar-refractivity contribution is 5.84. The van der Waals surface area contributed by atoms with E-state index in [1.54, 1.807) is 6.07 Å². The Labute approximate surface area is 117 Å². The van der Waals surface area contributed by atoms with Crippen LogP contribution in [-0.4, -0.2) is 16.3 Å². The van der Waals surface area contributed by atoms with E-state index in [0.29, 0.717) is 0 Å². The molecule has 3 heteroatoms. The molecule has 1 aromatic heterocycles. The number of fused-ring (bicyclic) bond motifs is 1. The fourth-order valence-electron chi connectivity index (χ4n) is 2.69. The highest BCUT2D eigenvalue weighted by atomic mass is 19.1. The van der Waals surface area contributed by atoms with Gasteiger partial charge in [0.15, 0.2) is 0 Å². The molecule has 0 saturated heterocycles. The van der Waals surface area contributed by atoms with E-state index in [-0.39, 0.29) is 18.5 Å². The third-order valence-electron chi connectivity index (χ3n) is 3.69. The highest BCUT2D eigenvalue weighted by Crippen LogP contribution is 2.28. The van der Waals surface area contributed by atoms with Gasteiger partial charge in [-0.15, -0.1) is 0 Å². The minimum atomic E-state index is -0.262. The van der Waals surface area contributed by atoms with Crippen molar-refractivity contribution in [2.24, 2.45) is 0 Å². The van der Waals surface area contributed by atoms with Crippen molar-refractivity contribution in [3.8, 4) is 0 Å². The summed E-state index contributed by atoms with van der Waals surface area (Å²) in [5.74, 6) is -0.262. The zero-order valence-corrected chi connectivity index (χ0v) is 11.3. The van der Waals surface area contributed by atoms with Gasteiger partial charge in [0, 0.05) is 11.6 Å². The summed E-state index contributed by atoms with van der Waals surface area (Å²) < 4.78 is 15.5. The lowest BCUT2D eigenvalue weighted by Crippen LogP contribution is -2.13. The minimum absolute atomic E-state index is 0.0241. The normalized spacial score (nSPS) is 12.8. The summed E-state index contributed by atoms with van der Waals surface area (Å²) in [6.07, 6.45) is 1.97. The molecule has 1 heterocycles. The van der Waals surface area contributed by atoms with Crippen LogP contribution in [0.1, 0.15) is 17.2 Å². The van der Waals surface area contributed by atoms with Gasteiger partial charge < -0.3 is 9.67 Å². The zero-order chi connectivity index (χ0) is 14.1. The van der Waals surface area contributed by atoms with Gasteiger partial charge in [-0.25, -0.2) is 4.39 Å². The highest BCUT2D eigenvalue weighted by Gasteiger charge is 2.16. The molecular formula is C17H16FNO. The molecule has 3 aromatic rings. The smallest absolute Gasteiger partial charge is 0.125 e. The van der Waals surface area contributed by atoms with Gasteiger partial charge in [-0.2, -0.15) is 0 Å². The number of halogens is 1. The van der Waals surface area contributed by atoms with Crippen molar-refractivity contribution in [1.29, 1.82) is 0 Å². The van der Waals surface area contributed by atoms with Crippen LogP contribution in [0, 0.1) is 12.7 Å². The molecule has 0 radical (unpaired) electrons. The Kier molecular flexibility index (Phi) is 3.28. The van der Waals surface area contributed by atoms with Crippen molar-refractivity contribution in [2.75, 3.05) is 6.61 Å². The Morgan fingerprint density at radius 2 is 1.90 bits per heavy atom. The largest absolute Gasteiger partial charge is 0.394 e. The Morgan fingerprint density at radius 3 is 2.60 bits per heavy atom. The van der Waals surface area contributed by atoms with E-state index in [9.17, 15) is 9.50 Å². The minimum Gasteiger partial charge on any atom is -0.394 e. The van der Waals surface area contributed by atoms with Gasteiger partial charge in [0.05, 0.1) is 18.2 Å². The summed E-state index contributed by atoms with van der Waals surface area (Å²) in [6, 6.07) is 14.3. The molecule has 102 valence electrons. The van der Waals surface area contributed by atoms with E-state index >= 15 is 0 Å². The second-order valence-electron chi connectivity index (χ2n) is 4.99. The van der Waals surface area contributed by atoms with Crippen molar-refractivity contribution in [3.05, 3.63) is 71.7 Å². The summed E-state index contributed by atoms with van der Waals surface area (Å²) >= 11 is 0. The van der Waals surface area contributed by atoms with Gasteiger partial charge in [0.2, 0.25) is 0 Å². The molecule has 0 spiro atoms. The fraction of sp³-hybridized carbons (Fsp3) is 0.176. The molecule has 3 rings (SSSR count). The van der Waals surface area contributed by atoms with Gasteiger partial charge in [-0.3, -0.25) is 0 Å². The van der Waals surface area contributed by atoms with E-state index < -0.39 is 0 Å². The van der Waals surface area contributed by atoms with E-state index in [0.717, 1.165) is 22.0 Å². The lowest BCUT2D eigenvalue weighted by molar-refractivity contribution is 0.252. The predicted octanol–water partition coefficient (Wildman–Crippen LogP) is 3.67. The number of hydrogen-bond donors (Lipinski definition) is 1. The van der Waals surface area contributed by atoms with Gasteiger partial charge in [-0.1, -0.05) is 30.3 Å². The van der Waals surface area contributed by atoms with Crippen LogP contribution in [0.5, 0.6) is 0 Å². The van der Waals surface area contributed by atoms with Crippen LogP contribution in [0.4, 0.5) is 4.39 Å². The molecule has 1 unspecified atom stereocenters. The lowest BCUT2D eigenvalue weighted by Gasteiger charge is -2.18. The number of aliphatic hydroxyl groups excluding tert-OH is 1. The number of benzene rings is 2. The first-order chi connectivity index (χ1) is 9.70. The Bertz CT molecular complexity index is 733. The molecule has 20 heavy (non-hydrogen) atoms. The molecule has 2 nitrogen and oxygen atoms in total. The SMILES string of the molecule is Cc1cn(C(CO)c2ccccc2)c2cc(F)ccc12. The average Bonchev–Trinajstić information content (AvgIpc) is 2.78. The number of rotatable bonds is 3. The Morgan fingerprint density at radius 1 is 1.15 bits per heavy atom. The quantitative estimate of drug-likeness (QED) is 0.771. The predicted molar refractivity (Wildman–Crippen MR) is 78.3 cm³/mol. The molecule has 0 aliphatic heterocycles. The monoisotopic (exact) mass is 269 g/mol. The standard InChI is InChI=1S/C17H16FNO/c1-12-10-19(16-9-14(18)7-8-15(12)16)17(11-20)13-5-3-2-4-6-13/h2-10,17,20H,11H2,1H3. The topological polar surface area (TPSA) is 25.2 Å². The van der Waals surface area contributed by atoms with E-state index in [2.05, 4.69) is 0 Å². The van der Waals surface area contributed by atoms with Crippen molar-refractivity contribution >= 4 is 10.9 Å². The number of nitrogens with zero attached hydrogens (tertiary/aromatic N) is 1. The lowest BCUT2D eigenvalue weighted by atomic mass is 10.1. The number of aliphatic hydroxyl groups is 1. The molecule has 0 saturated carbocycles. The summed E-state index contributed by atoms with van der Waals surface area (Å²) in [4.78, 5) is 0. The molecular weight excluding hydrogens is 253 g/mol. The fourth-order valence-corrected chi connectivity index (χ4v) is 2.69. The summed E-state index contributed by atoms with van der Waals surface area (Å²) in [7, 11) is 0. The van der Waals surface area contributed by atoms with Gasteiger partial charge in [-0.05, 0) is 36.2 Å². The van der Waals surface area contributed by atoms with E-state index in [4.69, 9.17) is 0 Å². The maximum Gasteiger partial charge on any atom is 0.125 e. The average molecular weight is 269 g/mol. The van der Waals surface area contributed by atoms with E-state index in [1.165, 1.54) is 12.1 Å². The molecule has 1 N–H and O–H groups in total. The summed E-state index contributed by atoms with van der Waals surface area (Å²) in [5.41, 5.74) is 2.90. The van der Waals surface area contributed by atoms with Crippen LogP contribution in [0.15, 0.2) is 54.7 Å². The first-order valence-electron chi connectivity index (χ1n) is 6.63. The first-order valence-corrected chi connectivity index (χ1v) is 6.63. The Hall–Kier alpha value is -2.13. The van der Waals surface area contributed by atoms with Crippen LogP contribution in [0.3, 0.4) is 0 Å². The van der Waals surface area contributed by atoms with Crippen molar-refractivity contribution < 1.29 is 9.50 Å². The molecule has 0 aliphatic rings. The number of hydrogen-bond acceptors (Lipinski definition) is 1. The third-order valence-corrected chi connectivity index (χ3v) is 3.69. The van der Waals surface area contributed by atoms with Crippen LogP contribution < -0.4 is 0 Å². The number of aromatic nitrogens is 1. The molecule has 2 aromatic carbocycles. The van der Waals surface area contributed by atoms with Crippen LogP contribution in [0.25, 0.3) is 10.9 Å². The van der Waals surface area contributed by atoms with Crippen LogP contribution >= 0.6 is 0 Å². The van der Waals surface area contributed by atoms with Gasteiger partial charge in [0.25, 0.3) is 0 Å². The Balaban J connectivity index is 2.20. The van der Waals surface area contributed by atoms with Crippen molar-refractivity contribution in [1.82, 2.24) is 4.57 Å². The number of aryl methyl sites for hydroxylation is 1. The van der Waals surface area contributed by atoms with Crippen molar-refractivity contribution in [3.63, 3.8) is 0 Å². The first kappa shape index (κ1) is 12.9. The second-order valence-corrected chi connectivity index (χ2v) is 4.99. The zero-order valence-electron chi connectivity index (χ0n) is 11.3. The molecule has 0 aliphatic carbocycles. The summed E-state index contributed by atoms with van der Waals surface area (Å²) in [6.45, 7) is 1.97. The maximum atomic E-state index is 13.5. The third kappa shape index (κ3) is 2.10. The van der Waals surface area contributed by atoms with Gasteiger partial charge >= 0.3 is 0 Å². The second kappa shape index (κ2) is 5.10. The van der Waals surface area contributed by atoms with Crippen molar-refractivity contribution in [2.45, 2.75) is 13.0 Å². The molecule has 0 amide bonds. The van der Waals surface area contributed by atoms with Crippen LogP contribution in [0.2, 0.25) is 0 Å². The molecule has 1 atom stereocenters. The van der Waals surface area contributed by atoms with Gasteiger partial charge in [0.1, 0.15) is 5.82 Å². The van der Waals surface area contributed by atoms with Crippen LogP contribution in [-0.2, 0) is 0 Å². The summed E-state index contributed by atoms with van der Waals surface area (Å²) in [5, 5.41) is 10.8.